The van der Waals surface area contributed by atoms with Gasteiger partial charge in [0, 0.05) is 0 Å². The summed E-state index contributed by atoms with van der Waals surface area (Å²) in [5.41, 5.74) is -0.751. The molecule has 7 heteroatoms. The van der Waals surface area contributed by atoms with Crippen LogP contribution in [0, 0.1) is 0 Å². The predicted molar refractivity (Wildman–Crippen MR) is 69.5 cm³/mol. The lowest BCUT2D eigenvalue weighted by Gasteiger charge is -2.20. The highest BCUT2D eigenvalue weighted by atomic mass is 16.7. The maximum Gasteiger partial charge on any atom is 0.412 e. The van der Waals surface area contributed by atoms with Crippen LogP contribution in [0.5, 0.6) is 17.2 Å². The van der Waals surface area contributed by atoms with Crippen LogP contribution in [0.15, 0.2) is 6.07 Å². The van der Waals surface area contributed by atoms with Gasteiger partial charge in [-0.2, -0.15) is 0 Å². The molecule has 0 atom stereocenters. The molecule has 0 radical (unpaired) electrons. The second-order valence-corrected chi connectivity index (χ2v) is 5.17. The SMILES string of the molecule is CC(C)(C)OC(=O)Nc1c(O)c(C=O)cc2c1OCO2. The van der Waals surface area contributed by atoms with Crippen LogP contribution in [0.4, 0.5) is 10.5 Å². The normalized spacial score (nSPS) is 12.9. The first-order valence-electron chi connectivity index (χ1n) is 5.92. The minimum Gasteiger partial charge on any atom is -0.505 e. The maximum atomic E-state index is 11.8. The second kappa shape index (κ2) is 4.92. The van der Waals surface area contributed by atoms with Crippen molar-refractivity contribution in [3.63, 3.8) is 0 Å². The van der Waals surface area contributed by atoms with Gasteiger partial charge >= 0.3 is 6.09 Å². The molecule has 2 rings (SSSR count). The third-order valence-electron chi connectivity index (χ3n) is 2.42. The van der Waals surface area contributed by atoms with Gasteiger partial charge in [0.25, 0.3) is 0 Å². The Morgan fingerprint density at radius 1 is 1.45 bits per heavy atom. The number of aldehydes is 1. The lowest BCUT2D eigenvalue weighted by molar-refractivity contribution is 0.0634. The third-order valence-corrected chi connectivity index (χ3v) is 2.42. The van der Waals surface area contributed by atoms with E-state index in [-0.39, 0.29) is 29.5 Å². The number of anilines is 1. The summed E-state index contributed by atoms with van der Waals surface area (Å²) >= 11 is 0. The Labute approximate surface area is 115 Å². The maximum absolute atomic E-state index is 11.8. The Kier molecular flexibility index (Phi) is 3.44. The predicted octanol–water partition coefficient (Wildman–Crippen LogP) is 2.28. The number of hydrogen-bond acceptors (Lipinski definition) is 6. The summed E-state index contributed by atoms with van der Waals surface area (Å²) in [6, 6.07) is 1.34. The molecule has 0 fully saturated rings. The Balaban J connectivity index is 2.34. The second-order valence-electron chi connectivity index (χ2n) is 5.17. The van der Waals surface area contributed by atoms with E-state index in [1.165, 1.54) is 6.07 Å². The molecule has 1 aliphatic heterocycles. The van der Waals surface area contributed by atoms with Crippen LogP contribution in [0.1, 0.15) is 31.1 Å². The molecule has 1 amide bonds. The highest BCUT2D eigenvalue weighted by Gasteiger charge is 2.27. The van der Waals surface area contributed by atoms with E-state index in [9.17, 15) is 14.7 Å². The van der Waals surface area contributed by atoms with Gasteiger partial charge < -0.3 is 19.3 Å². The highest BCUT2D eigenvalue weighted by Crippen LogP contribution is 2.46. The van der Waals surface area contributed by atoms with E-state index in [4.69, 9.17) is 14.2 Å². The van der Waals surface area contributed by atoms with Crippen molar-refractivity contribution >= 4 is 18.1 Å². The Bertz CT molecular complexity index is 561. The summed E-state index contributed by atoms with van der Waals surface area (Å²) in [4.78, 5) is 22.6. The average molecular weight is 281 g/mol. The molecule has 0 aromatic heterocycles. The van der Waals surface area contributed by atoms with E-state index in [1.807, 2.05) is 0 Å². The number of nitrogens with one attached hydrogen (secondary N) is 1. The molecule has 1 aliphatic rings. The highest BCUT2D eigenvalue weighted by molar-refractivity contribution is 5.95. The van der Waals surface area contributed by atoms with Gasteiger partial charge in [0.1, 0.15) is 11.3 Å². The van der Waals surface area contributed by atoms with Crippen LogP contribution in [0.2, 0.25) is 0 Å². The zero-order chi connectivity index (χ0) is 14.9. The number of carbonyl (C=O) groups excluding carboxylic acids is 2. The molecular formula is C13H15NO6. The zero-order valence-corrected chi connectivity index (χ0v) is 11.4. The van der Waals surface area contributed by atoms with Gasteiger partial charge in [0.15, 0.2) is 23.5 Å². The first-order valence-corrected chi connectivity index (χ1v) is 5.92. The van der Waals surface area contributed by atoms with E-state index in [2.05, 4.69) is 5.32 Å². The first kappa shape index (κ1) is 14.0. The standard InChI is InChI=1S/C13H15NO6/c1-13(2,3)20-12(17)14-9-10(16)7(5-15)4-8-11(9)19-6-18-8/h4-5,16H,6H2,1-3H3,(H,14,17). The molecule has 1 aromatic carbocycles. The van der Waals surface area contributed by atoms with Crippen molar-refractivity contribution in [3.8, 4) is 17.2 Å². The van der Waals surface area contributed by atoms with Crippen molar-refractivity contribution in [2.75, 3.05) is 12.1 Å². The minimum absolute atomic E-state index is 0.0136. The van der Waals surface area contributed by atoms with Crippen molar-refractivity contribution < 1.29 is 28.9 Å². The number of benzene rings is 1. The Hall–Kier alpha value is -2.44. The molecule has 0 unspecified atom stereocenters. The van der Waals surface area contributed by atoms with Gasteiger partial charge in [-0.1, -0.05) is 0 Å². The first-order chi connectivity index (χ1) is 9.31. The van der Waals surface area contributed by atoms with E-state index in [0.29, 0.717) is 6.29 Å². The van der Waals surface area contributed by atoms with Crippen molar-refractivity contribution in [3.05, 3.63) is 11.6 Å². The summed E-state index contributed by atoms with van der Waals surface area (Å²) in [7, 11) is 0. The number of aromatic hydroxyl groups is 1. The number of ether oxygens (including phenoxy) is 3. The molecule has 0 saturated carbocycles. The van der Waals surface area contributed by atoms with Crippen molar-refractivity contribution in [1.29, 1.82) is 0 Å². The number of phenolic OH excluding ortho intramolecular Hbond substituents is 1. The molecule has 0 aliphatic carbocycles. The smallest absolute Gasteiger partial charge is 0.412 e. The van der Waals surface area contributed by atoms with E-state index in [0.717, 1.165) is 0 Å². The minimum atomic E-state index is -0.770. The van der Waals surface area contributed by atoms with Crippen molar-refractivity contribution in [1.82, 2.24) is 0 Å². The summed E-state index contributed by atoms with van der Waals surface area (Å²) in [6.07, 6.45) is -0.314. The van der Waals surface area contributed by atoms with Crippen LogP contribution in [0.3, 0.4) is 0 Å². The monoisotopic (exact) mass is 281 g/mol. The molecule has 7 nitrogen and oxygen atoms in total. The largest absolute Gasteiger partial charge is 0.505 e. The van der Waals surface area contributed by atoms with Gasteiger partial charge in [-0.3, -0.25) is 10.1 Å². The van der Waals surface area contributed by atoms with Gasteiger partial charge in [0.2, 0.25) is 6.79 Å². The number of fused-ring (bicyclic) bond motifs is 1. The molecule has 1 aromatic rings. The molecule has 20 heavy (non-hydrogen) atoms. The number of hydrogen-bond donors (Lipinski definition) is 2. The van der Waals surface area contributed by atoms with E-state index >= 15 is 0 Å². The fraction of sp³-hybridized carbons (Fsp3) is 0.385. The van der Waals surface area contributed by atoms with Crippen molar-refractivity contribution in [2.24, 2.45) is 0 Å². The van der Waals surface area contributed by atoms with Crippen molar-refractivity contribution in [2.45, 2.75) is 26.4 Å². The van der Waals surface area contributed by atoms with E-state index < -0.39 is 17.4 Å². The van der Waals surface area contributed by atoms with E-state index in [1.54, 1.807) is 20.8 Å². The van der Waals surface area contributed by atoms with Crippen LogP contribution >= 0.6 is 0 Å². The quantitative estimate of drug-likeness (QED) is 0.638. The zero-order valence-electron chi connectivity index (χ0n) is 11.4. The molecule has 1 heterocycles. The number of amides is 1. The lowest BCUT2D eigenvalue weighted by atomic mass is 10.1. The Morgan fingerprint density at radius 2 is 2.15 bits per heavy atom. The summed E-state index contributed by atoms with van der Waals surface area (Å²) in [6.45, 7) is 5.06. The Morgan fingerprint density at radius 3 is 2.75 bits per heavy atom. The van der Waals surface area contributed by atoms with Crippen LogP contribution in [0.25, 0.3) is 0 Å². The topological polar surface area (TPSA) is 94.1 Å². The van der Waals surface area contributed by atoms with Gasteiger partial charge in [0.05, 0.1) is 5.56 Å². The van der Waals surface area contributed by atoms with Gasteiger partial charge in [-0.25, -0.2) is 4.79 Å². The molecule has 108 valence electrons. The molecule has 0 spiro atoms. The average Bonchev–Trinajstić information content (AvgIpc) is 2.78. The summed E-state index contributed by atoms with van der Waals surface area (Å²) in [5.74, 6) is 0.0463. The summed E-state index contributed by atoms with van der Waals surface area (Å²) < 4.78 is 15.4. The van der Waals surface area contributed by atoms with Crippen LogP contribution in [-0.4, -0.2) is 29.9 Å². The third kappa shape index (κ3) is 2.76. The fourth-order valence-electron chi connectivity index (χ4n) is 1.66. The number of rotatable bonds is 2. The molecular weight excluding hydrogens is 266 g/mol. The van der Waals surface area contributed by atoms with Crippen LogP contribution < -0.4 is 14.8 Å². The molecule has 0 bridgehead atoms. The fourth-order valence-corrected chi connectivity index (χ4v) is 1.66. The van der Waals surface area contributed by atoms with Gasteiger partial charge in [-0.15, -0.1) is 0 Å². The lowest BCUT2D eigenvalue weighted by Crippen LogP contribution is -2.27. The molecule has 2 N–H and O–H groups in total. The summed E-state index contributed by atoms with van der Waals surface area (Å²) in [5, 5.41) is 12.3. The number of phenols is 1. The van der Waals surface area contributed by atoms with Gasteiger partial charge in [-0.05, 0) is 26.8 Å². The number of carbonyl (C=O) groups is 2. The van der Waals surface area contributed by atoms with Crippen LogP contribution in [-0.2, 0) is 4.74 Å². The molecule has 0 saturated heterocycles.